The van der Waals surface area contributed by atoms with Crippen molar-refractivity contribution < 1.29 is 9.13 Å². The Hall–Kier alpha value is -0.890. The third-order valence-electron chi connectivity index (χ3n) is 2.02. The largest absolute Gasteiger partial charge is 0.365 e. The lowest BCUT2D eigenvalue weighted by Gasteiger charge is -2.05. The highest BCUT2D eigenvalue weighted by Gasteiger charge is 2.42. The molecule has 1 aromatic carbocycles. The van der Waals surface area contributed by atoms with Gasteiger partial charge in [-0.05, 0) is 13.0 Å². The van der Waals surface area contributed by atoms with Crippen LogP contribution >= 0.6 is 0 Å². The first kappa shape index (κ1) is 6.80. The first-order valence-electron chi connectivity index (χ1n) is 3.61. The molecule has 58 valence electrons. The van der Waals surface area contributed by atoms with Gasteiger partial charge in [-0.1, -0.05) is 18.2 Å². The third kappa shape index (κ3) is 1.03. The molecular weight excluding hydrogens is 143 g/mol. The molecule has 0 spiro atoms. The maximum Gasteiger partial charge on any atom is 0.129 e. The number of halogens is 1. The van der Waals surface area contributed by atoms with E-state index < -0.39 is 0 Å². The van der Waals surface area contributed by atoms with Crippen LogP contribution in [0.1, 0.15) is 12.5 Å². The number of ether oxygens (including phenoxy) is 1. The molecule has 1 aliphatic heterocycles. The maximum atomic E-state index is 13.0. The smallest absolute Gasteiger partial charge is 0.129 e. The van der Waals surface area contributed by atoms with Gasteiger partial charge in [-0.3, -0.25) is 0 Å². The van der Waals surface area contributed by atoms with E-state index in [0.29, 0.717) is 12.2 Å². The fourth-order valence-corrected chi connectivity index (χ4v) is 1.15. The van der Waals surface area contributed by atoms with Gasteiger partial charge in [0.05, 0.1) is 6.61 Å². The molecule has 1 unspecified atom stereocenters. The van der Waals surface area contributed by atoms with E-state index in [4.69, 9.17) is 4.74 Å². The van der Waals surface area contributed by atoms with E-state index in [0.717, 1.165) is 0 Å². The topological polar surface area (TPSA) is 12.5 Å². The van der Waals surface area contributed by atoms with Gasteiger partial charge in [0.2, 0.25) is 0 Å². The first-order chi connectivity index (χ1) is 5.22. The summed E-state index contributed by atoms with van der Waals surface area (Å²) >= 11 is 0. The quantitative estimate of drug-likeness (QED) is 0.561. The number of rotatable bonds is 1. The van der Waals surface area contributed by atoms with Crippen molar-refractivity contribution in [3.05, 3.63) is 35.6 Å². The summed E-state index contributed by atoms with van der Waals surface area (Å²) in [5, 5.41) is 0. The average molecular weight is 152 g/mol. The van der Waals surface area contributed by atoms with Crippen molar-refractivity contribution in [1.29, 1.82) is 0 Å². The van der Waals surface area contributed by atoms with Gasteiger partial charge in [0.25, 0.3) is 0 Å². The summed E-state index contributed by atoms with van der Waals surface area (Å²) in [6.07, 6.45) is 0. The molecule has 1 fully saturated rings. The SMILES string of the molecule is CC1(c2ccccc2F)CO1. The van der Waals surface area contributed by atoms with Crippen molar-refractivity contribution in [2.45, 2.75) is 12.5 Å². The van der Waals surface area contributed by atoms with Gasteiger partial charge in [-0.2, -0.15) is 0 Å². The Morgan fingerprint density at radius 2 is 2.09 bits per heavy atom. The van der Waals surface area contributed by atoms with Crippen LogP contribution in [0.2, 0.25) is 0 Å². The average Bonchev–Trinajstić information content (AvgIpc) is 2.70. The fraction of sp³-hybridized carbons (Fsp3) is 0.333. The Morgan fingerprint density at radius 1 is 1.45 bits per heavy atom. The standard InChI is InChI=1S/C9H9FO/c1-9(6-11-9)7-4-2-3-5-8(7)10/h2-5H,6H2,1H3. The van der Waals surface area contributed by atoms with Crippen LogP contribution in [-0.4, -0.2) is 6.61 Å². The summed E-state index contributed by atoms with van der Waals surface area (Å²) in [7, 11) is 0. The van der Waals surface area contributed by atoms with Crippen LogP contribution in [0.25, 0.3) is 0 Å². The molecule has 1 atom stereocenters. The van der Waals surface area contributed by atoms with Crippen LogP contribution in [0.3, 0.4) is 0 Å². The molecule has 0 saturated carbocycles. The zero-order valence-electron chi connectivity index (χ0n) is 6.30. The van der Waals surface area contributed by atoms with Crippen molar-refractivity contribution in [3.8, 4) is 0 Å². The zero-order valence-corrected chi connectivity index (χ0v) is 6.30. The Bertz CT molecular complexity index is 279. The highest BCUT2D eigenvalue weighted by atomic mass is 19.1. The predicted octanol–water partition coefficient (Wildman–Crippen LogP) is 2.07. The molecule has 0 radical (unpaired) electrons. The van der Waals surface area contributed by atoms with Gasteiger partial charge in [0.15, 0.2) is 0 Å². The normalized spacial score (nSPS) is 28.5. The predicted molar refractivity (Wildman–Crippen MR) is 39.7 cm³/mol. The molecule has 0 amide bonds. The Morgan fingerprint density at radius 3 is 2.64 bits per heavy atom. The summed E-state index contributed by atoms with van der Waals surface area (Å²) < 4.78 is 18.2. The second-order valence-electron chi connectivity index (χ2n) is 3.00. The summed E-state index contributed by atoms with van der Waals surface area (Å²) in [4.78, 5) is 0. The molecule has 2 heteroatoms. The maximum absolute atomic E-state index is 13.0. The van der Waals surface area contributed by atoms with Crippen molar-refractivity contribution >= 4 is 0 Å². The van der Waals surface area contributed by atoms with Crippen LogP contribution in [-0.2, 0) is 10.3 Å². The Kier molecular flexibility index (Phi) is 1.26. The van der Waals surface area contributed by atoms with E-state index in [1.165, 1.54) is 6.07 Å². The number of hydrogen-bond acceptors (Lipinski definition) is 1. The molecule has 1 aromatic rings. The van der Waals surface area contributed by atoms with E-state index >= 15 is 0 Å². The van der Waals surface area contributed by atoms with Gasteiger partial charge in [0.1, 0.15) is 11.4 Å². The molecule has 1 aliphatic rings. The molecule has 1 saturated heterocycles. The van der Waals surface area contributed by atoms with Crippen LogP contribution in [0.15, 0.2) is 24.3 Å². The minimum absolute atomic E-state index is 0.174. The highest BCUT2D eigenvalue weighted by Crippen LogP contribution is 2.38. The summed E-state index contributed by atoms with van der Waals surface area (Å²) in [5.41, 5.74) is 0.325. The van der Waals surface area contributed by atoms with E-state index in [-0.39, 0.29) is 11.4 Å². The number of benzene rings is 1. The van der Waals surface area contributed by atoms with Crippen molar-refractivity contribution in [1.82, 2.24) is 0 Å². The summed E-state index contributed by atoms with van der Waals surface area (Å²) in [6, 6.07) is 6.74. The van der Waals surface area contributed by atoms with Crippen LogP contribution < -0.4 is 0 Å². The molecular formula is C9H9FO. The minimum Gasteiger partial charge on any atom is -0.365 e. The van der Waals surface area contributed by atoms with Crippen molar-refractivity contribution in [3.63, 3.8) is 0 Å². The monoisotopic (exact) mass is 152 g/mol. The summed E-state index contributed by atoms with van der Waals surface area (Å²) in [5.74, 6) is -0.174. The number of epoxide rings is 1. The second kappa shape index (κ2) is 2.05. The molecule has 1 heterocycles. The van der Waals surface area contributed by atoms with Gasteiger partial charge >= 0.3 is 0 Å². The van der Waals surface area contributed by atoms with Crippen LogP contribution in [0.4, 0.5) is 4.39 Å². The highest BCUT2D eigenvalue weighted by molar-refractivity contribution is 5.27. The molecule has 0 N–H and O–H groups in total. The van der Waals surface area contributed by atoms with Crippen LogP contribution in [0, 0.1) is 5.82 Å². The summed E-state index contributed by atoms with van der Waals surface area (Å²) in [6.45, 7) is 2.53. The lowest BCUT2D eigenvalue weighted by molar-refractivity contribution is 0.321. The van der Waals surface area contributed by atoms with Gasteiger partial charge < -0.3 is 4.74 Å². The minimum atomic E-state index is -0.342. The third-order valence-corrected chi connectivity index (χ3v) is 2.02. The zero-order chi connectivity index (χ0) is 7.90. The van der Waals surface area contributed by atoms with E-state index in [1.54, 1.807) is 12.1 Å². The fourth-order valence-electron chi connectivity index (χ4n) is 1.15. The van der Waals surface area contributed by atoms with E-state index in [2.05, 4.69) is 0 Å². The lowest BCUT2D eigenvalue weighted by Crippen LogP contribution is -2.04. The Labute approximate surface area is 64.8 Å². The van der Waals surface area contributed by atoms with Gasteiger partial charge in [-0.25, -0.2) is 4.39 Å². The number of hydrogen-bond donors (Lipinski definition) is 0. The molecule has 0 aliphatic carbocycles. The second-order valence-corrected chi connectivity index (χ2v) is 3.00. The van der Waals surface area contributed by atoms with E-state index in [9.17, 15) is 4.39 Å². The van der Waals surface area contributed by atoms with Gasteiger partial charge in [-0.15, -0.1) is 0 Å². The molecule has 11 heavy (non-hydrogen) atoms. The Balaban J connectivity index is 2.45. The van der Waals surface area contributed by atoms with Gasteiger partial charge in [0, 0.05) is 5.56 Å². The molecule has 1 nitrogen and oxygen atoms in total. The van der Waals surface area contributed by atoms with Crippen molar-refractivity contribution in [2.75, 3.05) is 6.61 Å². The lowest BCUT2D eigenvalue weighted by atomic mass is 10.0. The first-order valence-corrected chi connectivity index (χ1v) is 3.61. The molecule has 0 aromatic heterocycles. The molecule has 2 rings (SSSR count). The van der Waals surface area contributed by atoms with Crippen LogP contribution in [0.5, 0.6) is 0 Å². The van der Waals surface area contributed by atoms with Crippen molar-refractivity contribution in [2.24, 2.45) is 0 Å². The molecule has 0 bridgehead atoms. The van der Waals surface area contributed by atoms with E-state index in [1.807, 2.05) is 13.0 Å².